The topological polar surface area (TPSA) is 45.5 Å². The van der Waals surface area contributed by atoms with Crippen LogP contribution in [-0.2, 0) is 11.3 Å². The van der Waals surface area contributed by atoms with Crippen molar-refractivity contribution in [1.29, 1.82) is 0 Å². The number of carbonyl (C=O) groups is 1. The molecule has 0 saturated carbocycles. The van der Waals surface area contributed by atoms with E-state index >= 15 is 0 Å². The third kappa shape index (κ3) is 2.58. The Morgan fingerprint density at radius 2 is 2.33 bits per heavy atom. The summed E-state index contributed by atoms with van der Waals surface area (Å²) in [6.07, 6.45) is 6.39. The zero-order valence-electron chi connectivity index (χ0n) is 11.4. The van der Waals surface area contributed by atoms with Crippen LogP contribution in [0.3, 0.4) is 0 Å². The molecule has 0 radical (unpaired) electrons. The number of hydrogen-bond acceptors (Lipinski definition) is 3. The van der Waals surface area contributed by atoms with E-state index in [1.807, 2.05) is 18.0 Å². The van der Waals surface area contributed by atoms with Gasteiger partial charge in [0.1, 0.15) is 0 Å². The van der Waals surface area contributed by atoms with Gasteiger partial charge in [0.05, 0.1) is 18.6 Å². The Bertz CT molecular complexity index is 398. The molecule has 1 amide bonds. The summed E-state index contributed by atoms with van der Waals surface area (Å²) < 4.78 is 5.09. The van der Waals surface area contributed by atoms with Crippen LogP contribution in [0, 0.1) is 0 Å². The Hall–Kier alpha value is -1.29. The molecule has 1 aromatic heterocycles. The van der Waals surface area contributed by atoms with Gasteiger partial charge < -0.3 is 14.6 Å². The van der Waals surface area contributed by atoms with Crippen LogP contribution in [-0.4, -0.2) is 29.4 Å². The maximum Gasteiger partial charge on any atom is 0.240 e. The number of likely N-dealkylation sites (tertiary alicyclic amines) is 1. The molecule has 4 heteroatoms. The normalized spacial score (nSPS) is 24.1. The lowest BCUT2D eigenvalue weighted by atomic mass is 9.96. The molecule has 1 unspecified atom stereocenters. The van der Waals surface area contributed by atoms with Gasteiger partial charge in [0, 0.05) is 17.6 Å². The first-order valence-corrected chi connectivity index (χ1v) is 6.54. The number of hydrogen-bond donors (Lipinski definition) is 1. The Labute approximate surface area is 108 Å². The summed E-state index contributed by atoms with van der Waals surface area (Å²) in [5.41, 5.74) is 0.952. The van der Waals surface area contributed by atoms with Crippen LogP contribution in [0.2, 0.25) is 0 Å². The van der Waals surface area contributed by atoms with Gasteiger partial charge in [0.15, 0.2) is 0 Å². The first-order valence-electron chi connectivity index (χ1n) is 6.54. The van der Waals surface area contributed by atoms with Gasteiger partial charge >= 0.3 is 0 Å². The number of rotatable bonds is 3. The molecule has 0 bridgehead atoms. The summed E-state index contributed by atoms with van der Waals surface area (Å²) in [5, 5.41) is 3.13. The number of furan rings is 1. The van der Waals surface area contributed by atoms with E-state index < -0.39 is 0 Å². The fraction of sp³-hybridized carbons (Fsp3) is 0.643. The second-order valence-corrected chi connectivity index (χ2v) is 5.60. The Balaban J connectivity index is 2.22. The predicted molar refractivity (Wildman–Crippen MR) is 70.0 cm³/mol. The molecule has 2 rings (SSSR count). The lowest BCUT2D eigenvalue weighted by Crippen LogP contribution is -2.51. The summed E-state index contributed by atoms with van der Waals surface area (Å²) in [7, 11) is 1.86. The summed E-state index contributed by atoms with van der Waals surface area (Å²) in [4.78, 5) is 14.5. The number of nitrogens with one attached hydrogen (secondary N) is 1. The molecule has 1 atom stereocenters. The molecule has 18 heavy (non-hydrogen) atoms. The second kappa shape index (κ2) is 5.14. The van der Waals surface area contributed by atoms with Gasteiger partial charge in [-0.25, -0.2) is 0 Å². The molecule has 1 saturated heterocycles. The number of amides is 1. The molecule has 1 aromatic rings. The molecular formula is C14H22N2O2. The number of nitrogens with zero attached hydrogens (tertiary/aromatic N) is 1. The van der Waals surface area contributed by atoms with Crippen LogP contribution >= 0.6 is 0 Å². The SMILES string of the molecule is CNC1CCCC(C)(C)N(Cc2ccoc2)C1=O. The van der Waals surface area contributed by atoms with Crippen LogP contribution in [0.4, 0.5) is 0 Å². The third-order valence-corrected chi connectivity index (χ3v) is 3.85. The summed E-state index contributed by atoms with van der Waals surface area (Å²) in [5.74, 6) is 0.196. The summed E-state index contributed by atoms with van der Waals surface area (Å²) >= 11 is 0. The third-order valence-electron chi connectivity index (χ3n) is 3.85. The van der Waals surface area contributed by atoms with Crippen molar-refractivity contribution in [2.45, 2.75) is 51.2 Å². The molecule has 1 aliphatic heterocycles. The van der Waals surface area contributed by atoms with Crippen molar-refractivity contribution in [3.8, 4) is 0 Å². The smallest absolute Gasteiger partial charge is 0.240 e. The molecule has 0 spiro atoms. The van der Waals surface area contributed by atoms with E-state index in [1.165, 1.54) is 0 Å². The lowest BCUT2D eigenvalue weighted by Gasteiger charge is -2.38. The highest BCUT2D eigenvalue weighted by Gasteiger charge is 2.37. The summed E-state index contributed by atoms with van der Waals surface area (Å²) in [6, 6.07) is 1.86. The van der Waals surface area contributed by atoms with Gasteiger partial charge in [0.25, 0.3) is 0 Å². The van der Waals surface area contributed by atoms with E-state index in [-0.39, 0.29) is 17.5 Å². The first-order chi connectivity index (χ1) is 8.54. The molecule has 100 valence electrons. The Kier molecular flexibility index (Phi) is 3.76. The van der Waals surface area contributed by atoms with E-state index in [4.69, 9.17) is 4.42 Å². The van der Waals surface area contributed by atoms with Crippen LogP contribution in [0.15, 0.2) is 23.0 Å². The molecule has 0 aromatic carbocycles. The average molecular weight is 250 g/mol. The van der Waals surface area contributed by atoms with Crippen molar-refractivity contribution >= 4 is 5.91 Å². The van der Waals surface area contributed by atoms with Crippen LogP contribution in [0.1, 0.15) is 38.7 Å². The van der Waals surface area contributed by atoms with E-state index in [0.29, 0.717) is 6.54 Å². The van der Waals surface area contributed by atoms with E-state index in [0.717, 1.165) is 24.8 Å². The van der Waals surface area contributed by atoms with Gasteiger partial charge in [-0.3, -0.25) is 4.79 Å². The zero-order chi connectivity index (χ0) is 13.2. The quantitative estimate of drug-likeness (QED) is 0.894. The monoisotopic (exact) mass is 250 g/mol. The van der Waals surface area contributed by atoms with Gasteiger partial charge in [-0.1, -0.05) is 0 Å². The van der Waals surface area contributed by atoms with Crippen LogP contribution in [0.5, 0.6) is 0 Å². The highest BCUT2D eigenvalue weighted by atomic mass is 16.3. The predicted octanol–water partition coefficient (Wildman–Crippen LogP) is 2.16. The van der Waals surface area contributed by atoms with E-state index in [9.17, 15) is 4.79 Å². The molecule has 1 N–H and O–H groups in total. The number of likely N-dealkylation sites (N-methyl/N-ethyl adjacent to an activating group) is 1. The van der Waals surface area contributed by atoms with Gasteiger partial charge in [-0.15, -0.1) is 0 Å². The van der Waals surface area contributed by atoms with Gasteiger partial charge in [0.2, 0.25) is 5.91 Å². The standard InChI is InChI=1S/C14H22N2O2/c1-14(2)7-4-5-12(15-3)13(17)16(14)9-11-6-8-18-10-11/h6,8,10,12,15H,4-5,7,9H2,1-3H3. The largest absolute Gasteiger partial charge is 0.472 e. The first kappa shape index (κ1) is 13.1. The minimum Gasteiger partial charge on any atom is -0.472 e. The fourth-order valence-corrected chi connectivity index (χ4v) is 2.61. The maximum absolute atomic E-state index is 12.6. The average Bonchev–Trinajstić information content (AvgIpc) is 2.80. The van der Waals surface area contributed by atoms with E-state index in [2.05, 4.69) is 19.2 Å². The molecule has 0 aliphatic carbocycles. The Morgan fingerprint density at radius 3 is 2.94 bits per heavy atom. The van der Waals surface area contributed by atoms with Crippen LogP contribution in [0.25, 0.3) is 0 Å². The van der Waals surface area contributed by atoms with Crippen molar-refractivity contribution in [1.82, 2.24) is 10.2 Å². The minimum atomic E-state index is -0.0973. The fourth-order valence-electron chi connectivity index (χ4n) is 2.61. The van der Waals surface area contributed by atoms with Crippen molar-refractivity contribution in [2.24, 2.45) is 0 Å². The lowest BCUT2D eigenvalue weighted by molar-refractivity contribution is -0.138. The second-order valence-electron chi connectivity index (χ2n) is 5.60. The van der Waals surface area contributed by atoms with E-state index in [1.54, 1.807) is 12.5 Å². The molecule has 4 nitrogen and oxygen atoms in total. The molecule has 1 aliphatic rings. The molecular weight excluding hydrogens is 228 g/mol. The number of carbonyl (C=O) groups excluding carboxylic acids is 1. The highest BCUT2D eigenvalue weighted by molar-refractivity contribution is 5.82. The Morgan fingerprint density at radius 1 is 1.56 bits per heavy atom. The van der Waals surface area contributed by atoms with Gasteiger partial charge in [-0.05, 0) is 46.2 Å². The van der Waals surface area contributed by atoms with Crippen LogP contribution < -0.4 is 5.32 Å². The van der Waals surface area contributed by atoms with Gasteiger partial charge in [-0.2, -0.15) is 0 Å². The molecule has 2 heterocycles. The molecule has 1 fully saturated rings. The van der Waals surface area contributed by atoms with Crippen molar-refractivity contribution in [3.05, 3.63) is 24.2 Å². The van der Waals surface area contributed by atoms with Crippen molar-refractivity contribution in [3.63, 3.8) is 0 Å². The van der Waals surface area contributed by atoms with Crippen molar-refractivity contribution in [2.75, 3.05) is 7.05 Å². The zero-order valence-corrected chi connectivity index (χ0v) is 11.4. The maximum atomic E-state index is 12.6. The summed E-state index contributed by atoms with van der Waals surface area (Å²) in [6.45, 7) is 4.91. The highest BCUT2D eigenvalue weighted by Crippen LogP contribution is 2.29. The minimum absolute atomic E-state index is 0.0568. The van der Waals surface area contributed by atoms with Crippen molar-refractivity contribution < 1.29 is 9.21 Å².